The molecule has 3 nitrogen and oxygen atoms in total. The summed E-state index contributed by atoms with van der Waals surface area (Å²) in [6.07, 6.45) is 0. The van der Waals surface area contributed by atoms with E-state index in [1.54, 1.807) is 7.11 Å². The number of methoxy groups -OCH3 is 1. The molecule has 0 atom stereocenters. The van der Waals surface area contributed by atoms with Crippen molar-refractivity contribution in [1.29, 1.82) is 0 Å². The highest BCUT2D eigenvalue weighted by molar-refractivity contribution is 6.30. The predicted octanol–water partition coefficient (Wildman–Crippen LogP) is 3.47. The molecule has 0 saturated heterocycles. The van der Waals surface area contributed by atoms with Gasteiger partial charge in [0.25, 0.3) is 0 Å². The minimum Gasteiger partial charge on any atom is -0.496 e. The van der Waals surface area contributed by atoms with Gasteiger partial charge in [0.1, 0.15) is 5.75 Å². The van der Waals surface area contributed by atoms with Gasteiger partial charge < -0.3 is 10.2 Å². The lowest BCUT2D eigenvalue weighted by Crippen LogP contribution is -2.21. The van der Waals surface area contributed by atoms with Crippen LogP contribution < -0.4 is 15.6 Å². The monoisotopic (exact) mass is 262 g/mol. The first-order valence-corrected chi connectivity index (χ1v) is 6.04. The smallest absolute Gasteiger partial charge is 0.123 e. The van der Waals surface area contributed by atoms with E-state index in [0.29, 0.717) is 11.6 Å². The largest absolute Gasteiger partial charge is 0.496 e. The maximum Gasteiger partial charge on any atom is 0.123 e. The molecule has 0 spiro atoms. The van der Waals surface area contributed by atoms with Crippen molar-refractivity contribution in [2.24, 2.45) is 0 Å². The SMILES string of the molecule is COc1ccc(Cl)cc1CNNc1ccccc1. The van der Waals surface area contributed by atoms with E-state index in [4.69, 9.17) is 16.3 Å². The molecule has 0 fully saturated rings. The first kappa shape index (κ1) is 12.7. The molecule has 0 saturated carbocycles. The van der Waals surface area contributed by atoms with Gasteiger partial charge in [-0.3, -0.25) is 0 Å². The molecule has 4 heteroatoms. The molecule has 2 aromatic carbocycles. The standard InChI is InChI=1S/C14H15ClN2O/c1-18-14-8-7-12(15)9-11(14)10-16-17-13-5-3-2-4-6-13/h2-9,16-17H,10H2,1H3. The van der Waals surface area contributed by atoms with E-state index in [0.717, 1.165) is 17.0 Å². The van der Waals surface area contributed by atoms with Gasteiger partial charge in [-0.05, 0) is 30.3 Å². The average Bonchev–Trinajstić information content (AvgIpc) is 2.40. The topological polar surface area (TPSA) is 33.3 Å². The van der Waals surface area contributed by atoms with Crippen molar-refractivity contribution in [1.82, 2.24) is 5.43 Å². The fourth-order valence-electron chi connectivity index (χ4n) is 1.65. The molecule has 18 heavy (non-hydrogen) atoms. The van der Waals surface area contributed by atoms with E-state index in [1.807, 2.05) is 48.5 Å². The number of hydrogen-bond acceptors (Lipinski definition) is 3. The molecule has 0 aromatic heterocycles. The summed E-state index contributed by atoms with van der Waals surface area (Å²) in [7, 11) is 1.65. The summed E-state index contributed by atoms with van der Waals surface area (Å²) >= 11 is 5.97. The quantitative estimate of drug-likeness (QED) is 0.810. The predicted molar refractivity (Wildman–Crippen MR) is 74.9 cm³/mol. The van der Waals surface area contributed by atoms with Crippen molar-refractivity contribution in [2.75, 3.05) is 12.5 Å². The number of ether oxygens (including phenoxy) is 1. The van der Waals surface area contributed by atoms with Gasteiger partial charge in [0.2, 0.25) is 0 Å². The highest BCUT2D eigenvalue weighted by Crippen LogP contribution is 2.22. The van der Waals surface area contributed by atoms with Crippen molar-refractivity contribution in [3.05, 3.63) is 59.1 Å². The Labute approximate surface area is 112 Å². The zero-order valence-electron chi connectivity index (χ0n) is 10.1. The number of hydrazine groups is 1. The van der Waals surface area contributed by atoms with Crippen LogP contribution in [-0.2, 0) is 6.54 Å². The van der Waals surface area contributed by atoms with Crippen LogP contribution in [0.25, 0.3) is 0 Å². The molecule has 2 aromatic rings. The Bertz CT molecular complexity index is 502. The Morgan fingerprint density at radius 1 is 1.11 bits per heavy atom. The molecule has 0 heterocycles. The number of benzene rings is 2. The molecular formula is C14H15ClN2O. The molecule has 0 amide bonds. The summed E-state index contributed by atoms with van der Waals surface area (Å²) in [5.74, 6) is 0.821. The van der Waals surface area contributed by atoms with Crippen LogP contribution in [0.1, 0.15) is 5.56 Å². The summed E-state index contributed by atoms with van der Waals surface area (Å²) in [6.45, 7) is 0.624. The van der Waals surface area contributed by atoms with Crippen molar-refractivity contribution >= 4 is 17.3 Å². The third kappa shape index (κ3) is 3.39. The fourth-order valence-corrected chi connectivity index (χ4v) is 1.84. The Hall–Kier alpha value is -1.71. The molecule has 2 N–H and O–H groups in total. The first-order chi connectivity index (χ1) is 8.79. The Kier molecular flexibility index (Phi) is 4.45. The van der Waals surface area contributed by atoms with E-state index in [9.17, 15) is 0 Å². The third-order valence-electron chi connectivity index (χ3n) is 2.53. The second kappa shape index (κ2) is 6.28. The van der Waals surface area contributed by atoms with Gasteiger partial charge in [-0.1, -0.05) is 29.8 Å². The van der Waals surface area contributed by atoms with Crippen LogP contribution in [0.4, 0.5) is 5.69 Å². The summed E-state index contributed by atoms with van der Waals surface area (Å²) in [6, 6.07) is 15.5. The maximum atomic E-state index is 5.97. The average molecular weight is 263 g/mol. The number of halogens is 1. The number of hydrogen-bond donors (Lipinski definition) is 2. The van der Waals surface area contributed by atoms with Gasteiger partial charge in [0.15, 0.2) is 0 Å². The summed E-state index contributed by atoms with van der Waals surface area (Å²) in [5, 5.41) is 0.701. The van der Waals surface area contributed by atoms with Crippen LogP contribution in [0.15, 0.2) is 48.5 Å². The molecule has 0 unspecified atom stereocenters. The van der Waals surface area contributed by atoms with Gasteiger partial charge in [-0.25, -0.2) is 5.43 Å². The van der Waals surface area contributed by atoms with Gasteiger partial charge in [-0.2, -0.15) is 0 Å². The molecule has 0 aliphatic rings. The second-order valence-corrected chi connectivity index (χ2v) is 4.24. The van der Waals surface area contributed by atoms with Gasteiger partial charge in [-0.15, -0.1) is 0 Å². The van der Waals surface area contributed by atoms with E-state index in [2.05, 4.69) is 10.9 Å². The third-order valence-corrected chi connectivity index (χ3v) is 2.76. The van der Waals surface area contributed by atoms with Crippen LogP contribution >= 0.6 is 11.6 Å². The van der Waals surface area contributed by atoms with Crippen LogP contribution in [-0.4, -0.2) is 7.11 Å². The first-order valence-electron chi connectivity index (χ1n) is 5.66. The minimum atomic E-state index is 0.624. The second-order valence-electron chi connectivity index (χ2n) is 3.80. The number of anilines is 1. The van der Waals surface area contributed by atoms with Crippen molar-refractivity contribution in [2.45, 2.75) is 6.54 Å². The van der Waals surface area contributed by atoms with Crippen LogP contribution in [0.2, 0.25) is 5.02 Å². The van der Waals surface area contributed by atoms with Gasteiger partial charge >= 0.3 is 0 Å². The highest BCUT2D eigenvalue weighted by atomic mass is 35.5. The molecular weight excluding hydrogens is 248 g/mol. The van der Waals surface area contributed by atoms with E-state index < -0.39 is 0 Å². The molecule has 0 aliphatic carbocycles. The van der Waals surface area contributed by atoms with Crippen molar-refractivity contribution in [3.63, 3.8) is 0 Å². The zero-order valence-corrected chi connectivity index (χ0v) is 10.9. The lowest BCUT2D eigenvalue weighted by atomic mass is 10.2. The molecule has 2 rings (SSSR count). The fraction of sp³-hybridized carbons (Fsp3) is 0.143. The maximum absolute atomic E-state index is 5.97. The summed E-state index contributed by atoms with van der Waals surface area (Å²) < 4.78 is 5.28. The molecule has 0 radical (unpaired) electrons. The van der Waals surface area contributed by atoms with E-state index in [-0.39, 0.29) is 0 Å². The van der Waals surface area contributed by atoms with Crippen molar-refractivity contribution < 1.29 is 4.74 Å². The zero-order chi connectivity index (χ0) is 12.8. The van der Waals surface area contributed by atoms with Gasteiger partial charge in [0.05, 0.1) is 7.11 Å². The van der Waals surface area contributed by atoms with Crippen LogP contribution in [0.3, 0.4) is 0 Å². The number of para-hydroxylation sites is 1. The molecule has 0 bridgehead atoms. The Balaban J connectivity index is 1.96. The van der Waals surface area contributed by atoms with Gasteiger partial charge in [0, 0.05) is 22.8 Å². The van der Waals surface area contributed by atoms with E-state index >= 15 is 0 Å². The van der Waals surface area contributed by atoms with Crippen LogP contribution in [0.5, 0.6) is 5.75 Å². The van der Waals surface area contributed by atoms with E-state index in [1.165, 1.54) is 0 Å². The lowest BCUT2D eigenvalue weighted by molar-refractivity contribution is 0.408. The lowest BCUT2D eigenvalue weighted by Gasteiger charge is -2.11. The molecule has 0 aliphatic heterocycles. The summed E-state index contributed by atoms with van der Waals surface area (Å²) in [5.41, 5.74) is 8.27. The molecule has 94 valence electrons. The highest BCUT2D eigenvalue weighted by Gasteiger charge is 2.03. The normalized spacial score (nSPS) is 10.1. The summed E-state index contributed by atoms with van der Waals surface area (Å²) in [4.78, 5) is 0. The Morgan fingerprint density at radius 3 is 2.61 bits per heavy atom. The van der Waals surface area contributed by atoms with Crippen molar-refractivity contribution in [3.8, 4) is 5.75 Å². The van der Waals surface area contributed by atoms with Crippen LogP contribution in [0, 0.1) is 0 Å². The Morgan fingerprint density at radius 2 is 1.89 bits per heavy atom. The number of nitrogens with one attached hydrogen (secondary N) is 2. The number of rotatable bonds is 5. The minimum absolute atomic E-state index is 0.624.